The first-order chi connectivity index (χ1) is 9.42. The molecule has 20 heavy (non-hydrogen) atoms. The van der Waals surface area contributed by atoms with Crippen LogP contribution in [-0.2, 0) is 18.4 Å². The molecule has 3 heteroatoms. The Labute approximate surface area is 130 Å². The van der Waals surface area contributed by atoms with E-state index in [1.807, 2.05) is 24.3 Å². The van der Waals surface area contributed by atoms with Crippen molar-refractivity contribution < 1.29 is 5.11 Å². The Kier molecular flexibility index (Phi) is 4.74. The summed E-state index contributed by atoms with van der Waals surface area (Å²) in [5.74, 6) is 0. The van der Waals surface area contributed by atoms with E-state index in [4.69, 9.17) is 23.2 Å². The predicted octanol–water partition coefficient (Wildman–Crippen LogP) is 5.01. The van der Waals surface area contributed by atoms with Gasteiger partial charge in [-0.2, -0.15) is 0 Å². The first-order valence-corrected chi connectivity index (χ1v) is 7.43. The van der Waals surface area contributed by atoms with Crippen LogP contribution in [0.25, 0.3) is 0 Å². The molecule has 0 fully saturated rings. The van der Waals surface area contributed by atoms with Crippen molar-refractivity contribution in [1.29, 1.82) is 0 Å². The van der Waals surface area contributed by atoms with E-state index in [1.54, 1.807) is 25.1 Å². The molecule has 0 aromatic heterocycles. The van der Waals surface area contributed by atoms with Crippen molar-refractivity contribution in [2.75, 3.05) is 0 Å². The monoisotopic (exact) mass is 308 g/mol. The van der Waals surface area contributed by atoms with Gasteiger partial charge in [-0.15, -0.1) is 0 Å². The SMILES string of the molecule is CCc1ccc(C(C)(O)Cc2cc(Cl)ccc2Cl)cc1. The molecule has 1 N–H and O–H groups in total. The third-order valence-corrected chi connectivity index (χ3v) is 4.13. The second-order valence-electron chi connectivity index (χ2n) is 5.24. The molecule has 2 aromatic rings. The molecule has 0 aliphatic carbocycles. The van der Waals surface area contributed by atoms with Crippen molar-refractivity contribution in [1.82, 2.24) is 0 Å². The van der Waals surface area contributed by atoms with Crippen LogP contribution < -0.4 is 0 Å². The first-order valence-electron chi connectivity index (χ1n) is 6.68. The van der Waals surface area contributed by atoms with E-state index in [9.17, 15) is 5.11 Å². The smallest absolute Gasteiger partial charge is 0.0909 e. The largest absolute Gasteiger partial charge is 0.385 e. The molecule has 2 rings (SSSR count). The molecule has 0 radical (unpaired) electrons. The minimum Gasteiger partial charge on any atom is -0.385 e. The highest BCUT2D eigenvalue weighted by molar-refractivity contribution is 6.33. The summed E-state index contributed by atoms with van der Waals surface area (Å²) in [6.45, 7) is 3.91. The van der Waals surface area contributed by atoms with Crippen LogP contribution in [0.1, 0.15) is 30.5 Å². The van der Waals surface area contributed by atoms with E-state index in [0.717, 1.165) is 17.5 Å². The number of benzene rings is 2. The van der Waals surface area contributed by atoms with Gasteiger partial charge in [-0.1, -0.05) is 54.4 Å². The van der Waals surface area contributed by atoms with Gasteiger partial charge in [0.05, 0.1) is 5.60 Å². The molecule has 0 saturated carbocycles. The zero-order chi connectivity index (χ0) is 14.8. The molecule has 0 amide bonds. The molecular formula is C17H18Cl2O. The molecular weight excluding hydrogens is 291 g/mol. The number of aliphatic hydroxyl groups is 1. The Bertz CT molecular complexity index is 588. The third-order valence-electron chi connectivity index (χ3n) is 3.53. The molecule has 0 bridgehead atoms. The molecule has 0 aliphatic heterocycles. The van der Waals surface area contributed by atoms with Crippen molar-refractivity contribution in [2.45, 2.75) is 32.3 Å². The average molecular weight is 309 g/mol. The van der Waals surface area contributed by atoms with Gasteiger partial charge in [0.15, 0.2) is 0 Å². The van der Waals surface area contributed by atoms with Gasteiger partial charge < -0.3 is 5.11 Å². The van der Waals surface area contributed by atoms with Gasteiger partial charge in [0.2, 0.25) is 0 Å². The highest BCUT2D eigenvalue weighted by atomic mass is 35.5. The van der Waals surface area contributed by atoms with Crippen molar-refractivity contribution in [3.05, 3.63) is 69.2 Å². The summed E-state index contributed by atoms with van der Waals surface area (Å²) < 4.78 is 0. The van der Waals surface area contributed by atoms with Crippen LogP contribution in [0, 0.1) is 0 Å². The Morgan fingerprint density at radius 3 is 2.30 bits per heavy atom. The maximum atomic E-state index is 10.7. The fourth-order valence-corrected chi connectivity index (χ4v) is 2.63. The van der Waals surface area contributed by atoms with Crippen LogP contribution in [0.5, 0.6) is 0 Å². The lowest BCUT2D eigenvalue weighted by Gasteiger charge is -2.25. The molecule has 2 aromatic carbocycles. The van der Waals surface area contributed by atoms with E-state index in [2.05, 4.69) is 6.92 Å². The second kappa shape index (κ2) is 6.17. The third kappa shape index (κ3) is 3.54. The summed E-state index contributed by atoms with van der Waals surface area (Å²) in [6.07, 6.45) is 1.42. The number of halogens is 2. The highest BCUT2D eigenvalue weighted by Crippen LogP contribution is 2.30. The van der Waals surface area contributed by atoms with Crippen LogP contribution >= 0.6 is 23.2 Å². The first kappa shape index (κ1) is 15.4. The van der Waals surface area contributed by atoms with Crippen LogP contribution in [0.2, 0.25) is 10.0 Å². The van der Waals surface area contributed by atoms with E-state index >= 15 is 0 Å². The van der Waals surface area contributed by atoms with Gasteiger partial charge in [0, 0.05) is 16.5 Å². The van der Waals surface area contributed by atoms with Gasteiger partial charge >= 0.3 is 0 Å². The quantitative estimate of drug-likeness (QED) is 0.842. The second-order valence-corrected chi connectivity index (χ2v) is 6.08. The van der Waals surface area contributed by atoms with E-state index in [-0.39, 0.29) is 0 Å². The van der Waals surface area contributed by atoms with Crippen molar-refractivity contribution in [3.63, 3.8) is 0 Å². The summed E-state index contributed by atoms with van der Waals surface area (Å²) in [4.78, 5) is 0. The number of aryl methyl sites for hydroxylation is 1. The summed E-state index contributed by atoms with van der Waals surface area (Å²) in [5, 5.41) is 12.0. The van der Waals surface area contributed by atoms with Crippen LogP contribution in [0.4, 0.5) is 0 Å². The number of hydrogen-bond donors (Lipinski definition) is 1. The lowest BCUT2D eigenvalue weighted by molar-refractivity contribution is 0.0576. The van der Waals surface area contributed by atoms with E-state index < -0.39 is 5.60 Å². The Hall–Kier alpha value is -1.02. The molecule has 0 saturated heterocycles. The minimum absolute atomic E-state index is 0.428. The summed E-state index contributed by atoms with van der Waals surface area (Å²) in [6, 6.07) is 13.3. The maximum Gasteiger partial charge on any atom is 0.0909 e. The number of hydrogen-bond acceptors (Lipinski definition) is 1. The average Bonchev–Trinajstić information content (AvgIpc) is 2.43. The molecule has 0 aliphatic rings. The Morgan fingerprint density at radius 2 is 1.70 bits per heavy atom. The lowest BCUT2D eigenvalue weighted by Crippen LogP contribution is -2.24. The molecule has 106 valence electrons. The minimum atomic E-state index is -0.972. The predicted molar refractivity (Wildman–Crippen MR) is 85.6 cm³/mol. The Balaban J connectivity index is 2.27. The van der Waals surface area contributed by atoms with E-state index in [0.29, 0.717) is 16.5 Å². The van der Waals surface area contributed by atoms with Crippen molar-refractivity contribution >= 4 is 23.2 Å². The fraction of sp³-hybridized carbons (Fsp3) is 0.294. The highest BCUT2D eigenvalue weighted by Gasteiger charge is 2.24. The van der Waals surface area contributed by atoms with Crippen LogP contribution in [-0.4, -0.2) is 5.11 Å². The van der Waals surface area contributed by atoms with Crippen LogP contribution in [0.15, 0.2) is 42.5 Å². The Morgan fingerprint density at radius 1 is 1.05 bits per heavy atom. The normalized spacial score (nSPS) is 14.1. The summed E-state index contributed by atoms with van der Waals surface area (Å²) >= 11 is 12.2. The van der Waals surface area contributed by atoms with Gasteiger partial charge in [0.1, 0.15) is 0 Å². The maximum absolute atomic E-state index is 10.7. The summed E-state index contributed by atoms with van der Waals surface area (Å²) in [7, 11) is 0. The zero-order valence-electron chi connectivity index (χ0n) is 11.7. The molecule has 1 atom stereocenters. The van der Waals surface area contributed by atoms with Gasteiger partial charge in [-0.25, -0.2) is 0 Å². The topological polar surface area (TPSA) is 20.2 Å². The summed E-state index contributed by atoms with van der Waals surface area (Å²) in [5.41, 5.74) is 2.01. The van der Waals surface area contributed by atoms with Gasteiger partial charge in [0.25, 0.3) is 0 Å². The zero-order valence-corrected chi connectivity index (χ0v) is 13.2. The van der Waals surface area contributed by atoms with Crippen molar-refractivity contribution in [3.8, 4) is 0 Å². The molecule has 0 spiro atoms. The molecule has 1 nitrogen and oxygen atoms in total. The molecule has 1 unspecified atom stereocenters. The van der Waals surface area contributed by atoms with E-state index in [1.165, 1.54) is 5.56 Å². The number of rotatable bonds is 4. The van der Waals surface area contributed by atoms with Crippen LogP contribution in [0.3, 0.4) is 0 Å². The van der Waals surface area contributed by atoms with Crippen molar-refractivity contribution in [2.24, 2.45) is 0 Å². The standard InChI is InChI=1S/C17H18Cl2O/c1-3-12-4-6-14(7-5-12)17(2,20)11-13-10-15(18)8-9-16(13)19/h4-10,20H,3,11H2,1-2H3. The lowest BCUT2D eigenvalue weighted by atomic mass is 9.88. The van der Waals surface area contributed by atoms with Gasteiger partial charge in [-0.05, 0) is 48.2 Å². The molecule has 0 heterocycles. The van der Waals surface area contributed by atoms with Gasteiger partial charge in [-0.3, -0.25) is 0 Å². The fourth-order valence-electron chi connectivity index (χ4n) is 2.25.